The molecule has 2 aliphatic heterocycles. The lowest BCUT2D eigenvalue weighted by Gasteiger charge is -2.38. The van der Waals surface area contributed by atoms with E-state index in [1.807, 2.05) is 0 Å². The summed E-state index contributed by atoms with van der Waals surface area (Å²) in [5.41, 5.74) is 1.61. The molecule has 5 unspecified atom stereocenters. The molecule has 2 saturated heterocycles. The smallest absolute Gasteiger partial charge is 0.0576 e. The lowest BCUT2D eigenvalue weighted by atomic mass is 9.74. The summed E-state index contributed by atoms with van der Waals surface area (Å²) in [6.07, 6.45) is 24.0. The molecule has 4 rings (SSSR count). The predicted octanol–water partition coefficient (Wildman–Crippen LogP) is 7.71. The summed E-state index contributed by atoms with van der Waals surface area (Å²) in [5, 5.41) is 0. The standard InChI is InChI=1S/C28H48O2/c1-21-3-7-23(8-4-21)9-10-24-11-15-27(29-19-24)17-18-28-16-14-26(20-30-28)25-12-5-22(2)6-13-25/h3,22-28H,4-20H2,1-2H3. The fraction of sp³-hybridized carbons (Fsp3) is 0.929. The van der Waals surface area contributed by atoms with Gasteiger partial charge in [0.2, 0.25) is 0 Å². The highest BCUT2D eigenvalue weighted by Gasteiger charge is 2.31. The van der Waals surface area contributed by atoms with Gasteiger partial charge in [0.15, 0.2) is 0 Å². The van der Waals surface area contributed by atoms with E-state index in [-0.39, 0.29) is 0 Å². The van der Waals surface area contributed by atoms with Crippen LogP contribution in [0.2, 0.25) is 0 Å². The quantitative estimate of drug-likeness (QED) is 0.396. The molecule has 2 heterocycles. The minimum Gasteiger partial charge on any atom is -0.378 e. The van der Waals surface area contributed by atoms with Crippen LogP contribution in [-0.4, -0.2) is 25.4 Å². The van der Waals surface area contributed by atoms with E-state index >= 15 is 0 Å². The fourth-order valence-corrected chi connectivity index (χ4v) is 6.62. The highest BCUT2D eigenvalue weighted by Crippen LogP contribution is 2.38. The average molecular weight is 417 g/mol. The zero-order valence-corrected chi connectivity index (χ0v) is 20.0. The van der Waals surface area contributed by atoms with E-state index in [9.17, 15) is 0 Å². The molecule has 2 heteroatoms. The third kappa shape index (κ3) is 6.83. The van der Waals surface area contributed by atoms with Crippen molar-refractivity contribution in [3.05, 3.63) is 11.6 Å². The van der Waals surface area contributed by atoms with Gasteiger partial charge >= 0.3 is 0 Å². The van der Waals surface area contributed by atoms with E-state index in [2.05, 4.69) is 19.9 Å². The van der Waals surface area contributed by atoms with Gasteiger partial charge in [0.05, 0.1) is 18.8 Å². The Hall–Kier alpha value is -0.340. The normalized spacial score (nSPS) is 40.7. The van der Waals surface area contributed by atoms with Crippen molar-refractivity contribution in [2.24, 2.45) is 29.6 Å². The van der Waals surface area contributed by atoms with Crippen LogP contribution in [0.3, 0.4) is 0 Å². The maximum Gasteiger partial charge on any atom is 0.0576 e. The van der Waals surface area contributed by atoms with Crippen LogP contribution in [0.15, 0.2) is 11.6 Å². The monoisotopic (exact) mass is 416 g/mol. The molecular weight excluding hydrogens is 368 g/mol. The van der Waals surface area contributed by atoms with E-state index in [4.69, 9.17) is 9.47 Å². The van der Waals surface area contributed by atoms with Gasteiger partial charge in [-0.15, -0.1) is 0 Å². The summed E-state index contributed by atoms with van der Waals surface area (Å²) < 4.78 is 12.6. The largest absolute Gasteiger partial charge is 0.378 e. The van der Waals surface area contributed by atoms with E-state index in [0.717, 1.165) is 42.8 Å². The molecule has 0 radical (unpaired) electrons. The first-order valence-electron chi connectivity index (χ1n) is 13.5. The number of hydrogen-bond donors (Lipinski definition) is 0. The summed E-state index contributed by atoms with van der Waals surface area (Å²) in [7, 11) is 0. The van der Waals surface area contributed by atoms with Gasteiger partial charge in [-0.25, -0.2) is 0 Å². The summed E-state index contributed by atoms with van der Waals surface area (Å²) >= 11 is 0. The summed E-state index contributed by atoms with van der Waals surface area (Å²) in [6.45, 7) is 6.76. The van der Waals surface area contributed by atoms with Gasteiger partial charge in [-0.3, -0.25) is 0 Å². The second-order valence-corrected chi connectivity index (χ2v) is 11.6. The van der Waals surface area contributed by atoms with E-state index in [1.54, 1.807) is 5.57 Å². The van der Waals surface area contributed by atoms with Crippen molar-refractivity contribution in [3.63, 3.8) is 0 Å². The second-order valence-electron chi connectivity index (χ2n) is 11.6. The first-order valence-corrected chi connectivity index (χ1v) is 13.5. The van der Waals surface area contributed by atoms with Crippen LogP contribution in [0.25, 0.3) is 0 Å². The van der Waals surface area contributed by atoms with Gasteiger partial charge < -0.3 is 9.47 Å². The van der Waals surface area contributed by atoms with Crippen LogP contribution in [0.1, 0.15) is 110 Å². The van der Waals surface area contributed by atoms with Gasteiger partial charge in [-0.05, 0) is 120 Å². The number of hydrogen-bond acceptors (Lipinski definition) is 2. The summed E-state index contributed by atoms with van der Waals surface area (Å²) in [5.74, 6) is 4.52. The van der Waals surface area contributed by atoms with Crippen LogP contribution >= 0.6 is 0 Å². The predicted molar refractivity (Wildman–Crippen MR) is 126 cm³/mol. The molecule has 3 fully saturated rings. The van der Waals surface area contributed by atoms with Crippen molar-refractivity contribution in [3.8, 4) is 0 Å². The van der Waals surface area contributed by atoms with Gasteiger partial charge in [-0.2, -0.15) is 0 Å². The van der Waals surface area contributed by atoms with Gasteiger partial charge in [0.25, 0.3) is 0 Å². The average Bonchev–Trinajstić information content (AvgIpc) is 2.79. The van der Waals surface area contributed by atoms with Crippen LogP contribution < -0.4 is 0 Å². The molecule has 0 amide bonds. The first kappa shape index (κ1) is 22.8. The van der Waals surface area contributed by atoms with E-state index in [1.165, 1.54) is 96.3 Å². The highest BCUT2D eigenvalue weighted by atomic mass is 16.5. The Morgan fingerprint density at radius 2 is 1.37 bits per heavy atom. The molecule has 172 valence electrons. The summed E-state index contributed by atoms with van der Waals surface area (Å²) in [6, 6.07) is 0. The molecule has 2 aliphatic carbocycles. The van der Waals surface area contributed by atoms with Gasteiger partial charge in [0, 0.05) is 6.61 Å². The number of allylic oxidation sites excluding steroid dienone is 2. The Balaban J connectivity index is 1.05. The molecule has 0 aromatic carbocycles. The SMILES string of the molecule is CC1=CCC(CCC2CCC(CCC3CCC(C4CCC(C)CC4)CO3)OC2)CC1. The van der Waals surface area contributed by atoms with Crippen molar-refractivity contribution in [1.82, 2.24) is 0 Å². The molecule has 1 saturated carbocycles. The Labute approximate surface area is 186 Å². The third-order valence-electron chi connectivity index (χ3n) is 9.14. The lowest BCUT2D eigenvalue weighted by molar-refractivity contribution is -0.0610. The van der Waals surface area contributed by atoms with Crippen molar-refractivity contribution in [2.75, 3.05) is 13.2 Å². The van der Waals surface area contributed by atoms with Crippen LogP contribution in [0.5, 0.6) is 0 Å². The lowest BCUT2D eigenvalue weighted by Crippen LogP contribution is -2.33. The molecule has 0 spiro atoms. The Morgan fingerprint density at radius 1 is 0.700 bits per heavy atom. The molecule has 0 aromatic rings. The maximum atomic E-state index is 6.34. The van der Waals surface area contributed by atoms with Crippen molar-refractivity contribution in [2.45, 2.75) is 122 Å². The Kier molecular flexibility index (Phi) is 8.76. The Morgan fingerprint density at radius 3 is 1.97 bits per heavy atom. The molecule has 5 atom stereocenters. The molecule has 0 bridgehead atoms. The van der Waals surface area contributed by atoms with Crippen LogP contribution in [0.4, 0.5) is 0 Å². The highest BCUT2D eigenvalue weighted by molar-refractivity contribution is 5.02. The van der Waals surface area contributed by atoms with E-state index < -0.39 is 0 Å². The zero-order chi connectivity index (χ0) is 20.8. The third-order valence-corrected chi connectivity index (χ3v) is 9.14. The van der Waals surface area contributed by atoms with Crippen molar-refractivity contribution < 1.29 is 9.47 Å². The first-order chi connectivity index (χ1) is 14.7. The zero-order valence-electron chi connectivity index (χ0n) is 20.0. The van der Waals surface area contributed by atoms with Gasteiger partial charge in [-0.1, -0.05) is 31.4 Å². The number of ether oxygens (including phenoxy) is 2. The summed E-state index contributed by atoms with van der Waals surface area (Å²) in [4.78, 5) is 0. The van der Waals surface area contributed by atoms with E-state index in [0.29, 0.717) is 12.2 Å². The van der Waals surface area contributed by atoms with Gasteiger partial charge in [0.1, 0.15) is 0 Å². The molecular formula is C28H48O2. The number of rotatable bonds is 7. The molecule has 4 aliphatic rings. The minimum absolute atomic E-state index is 0.502. The minimum atomic E-state index is 0.502. The molecule has 2 nitrogen and oxygen atoms in total. The molecule has 30 heavy (non-hydrogen) atoms. The molecule has 0 aromatic heterocycles. The maximum absolute atomic E-state index is 6.34. The van der Waals surface area contributed by atoms with Crippen molar-refractivity contribution in [1.29, 1.82) is 0 Å². The van der Waals surface area contributed by atoms with Crippen molar-refractivity contribution >= 4 is 0 Å². The second kappa shape index (κ2) is 11.5. The topological polar surface area (TPSA) is 18.5 Å². The Bertz CT molecular complexity index is 517. The van der Waals surface area contributed by atoms with Crippen LogP contribution in [0, 0.1) is 29.6 Å². The molecule has 0 N–H and O–H groups in total. The fourth-order valence-electron chi connectivity index (χ4n) is 6.62. The van der Waals surface area contributed by atoms with Crippen LogP contribution in [-0.2, 0) is 9.47 Å².